The lowest BCUT2D eigenvalue weighted by atomic mass is 9.98. The van der Waals surface area contributed by atoms with E-state index in [0.29, 0.717) is 18.5 Å². The molecule has 122 valence electrons. The summed E-state index contributed by atoms with van der Waals surface area (Å²) in [5.74, 6) is 0.876. The van der Waals surface area contributed by atoms with E-state index >= 15 is 0 Å². The van der Waals surface area contributed by atoms with Crippen molar-refractivity contribution in [3.05, 3.63) is 44.3 Å². The van der Waals surface area contributed by atoms with Crippen LogP contribution in [0.1, 0.15) is 41.1 Å². The van der Waals surface area contributed by atoms with E-state index in [2.05, 4.69) is 46.1 Å². The molecule has 1 saturated carbocycles. The smallest absolute Gasteiger partial charge is 0.234 e. The van der Waals surface area contributed by atoms with Crippen molar-refractivity contribution in [3.63, 3.8) is 0 Å². The highest BCUT2D eigenvalue weighted by molar-refractivity contribution is 7.10. The number of thiophene rings is 2. The Hall–Kier alpha value is -1.17. The quantitative estimate of drug-likeness (QED) is 0.896. The number of rotatable bonds is 5. The van der Waals surface area contributed by atoms with E-state index in [-0.39, 0.29) is 11.9 Å². The number of amides is 1. The topological polar surface area (TPSA) is 32.3 Å². The van der Waals surface area contributed by atoms with Crippen LogP contribution in [0, 0.1) is 5.92 Å². The van der Waals surface area contributed by atoms with E-state index in [1.54, 1.807) is 11.3 Å². The zero-order valence-corrected chi connectivity index (χ0v) is 15.0. The average molecular weight is 347 g/mol. The summed E-state index contributed by atoms with van der Waals surface area (Å²) in [5, 5.41) is 7.51. The summed E-state index contributed by atoms with van der Waals surface area (Å²) in [6.45, 7) is 3.59. The Morgan fingerprint density at radius 1 is 1.35 bits per heavy atom. The monoisotopic (exact) mass is 346 g/mol. The molecule has 0 aromatic carbocycles. The first-order valence-electron chi connectivity index (χ1n) is 8.35. The first-order chi connectivity index (χ1) is 11.2. The normalized spacial score (nSPS) is 22.6. The van der Waals surface area contributed by atoms with Gasteiger partial charge >= 0.3 is 0 Å². The Labute approximate surface area is 145 Å². The summed E-state index contributed by atoms with van der Waals surface area (Å²) < 4.78 is 0. The molecule has 4 rings (SSSR count). The van der Waals surface area contributed by atoms with E-state index in [9.17, 15) is 4.79 Å². The van der Waals surface area contributed by atoms with Crippen LogP contribution in [-0.2, 0) is 11.2 Å². The van der Waals surface area contributed by atoms with Crippen molar-refractivity contribution < 1.29 is 4.79 Å². The number of nitrogens with zero attached hydrogens (tertiary/aromatic N) is 1. The Morgan fingerprint density at radius 3 is 2.96 bits per heavy atom. The predicted octanol–water partition coefficient (Wildman–Crippen LogP) is 3.67. The minimum absolute atomic E-state index is 0.171. The maximum Gasteiger partial charge on any atom is 0.234 e. The molecule has 2 atom stereocenters. The molecule has 1 N–H and O–H groups in total. The van der Waals surface area contributed by atoms with Crippen LogP contribution in [0.15, 0.2) is 29.0 Å². The van der Waals surface area contributed by atoms with Crippen molar-refractivity contribution in [2.75, 3.05) is 13.1 Å². The molecule has 0 bridgehead atoms. The largest absolute Gasteiger partial charge is 0.352 e. The van der Waals surface area contributed by atoms with Crippen LogP contribution < -0.4 is 5.32 Å². The van der Waals surface area contributed by atoms with Crippen LogP contribution in [0.4, 0.5) is 0 Å². The molecule has 1 amide bonds. The highest BCUT2D eigenvalue weighted by Crippen LogP contribution is 2.39. The summed E-state index contributed by atoms with van der Waals surface area (Å²) in [5.41, 5.74) is 1.40. The first kappa shape index (κ1) is 15.4. The van der Waals surface area contributed by atoms with Crippen molar-refractivity contribution in [2.45, 2.75) is 38.3 Å². The van der Waals surface area contributed by atoms with Gasteiger partial charge in [-0.15, -0.1) is 22.7 Å². The maximum absolute atomic E-state index is 12.5. The Bertz CT molecular complexity index is 675. The third kappa shape index (κ3) is 3.23. The van der Waals surface area contributed by atoms with Crippen molar-refractivity contribution >= 4 is 28.6 Å². The standard InChI is InChI=1S/C18H22N2OS2/c1-12(13-4-5-13)19-17(21)11-20-8-6-15-14(7-10-23-15)18(20)16-3-2-9-22-16/h2-3,7,9-10,12-13,18H,4-6,8,11H2,1H3,(H,19,21)/t12-,18-/m1/s1. The van der Waals surface area contributed by atoms with Crippen LogP contribution >= 0.6 is 22.7 Å². The zero-order chi connectivity index (χ0) is 15.8. The van der Waals surface area contributed by atoms with Gasteiger partial charge < -0.3 is 5.32 Å². The molecule has 3 heterocycles. The Morgan fingerprint density at radius 2 is 2.22 bits per heavy atom. The number of hydrogen-bond acceptors (Lipinski definition) is 4. The second-order valence-corrected chi connectivity index (χ2v) is 8.61. The third-order valence-corrected chi connectivity index (χ3v) is 6.86. The number of nitrogens with one attached hydrogen (secondary N) is 1. The summed E-state index contributed by atoms with van der Waals surface area (Å²) in [6, 6.07) is 7.10. The number of fused-ring (bicyclic) bond motifs is 1. The van der Waals surface area contributed by atoms with Crippen molar-refractivity contribution in [1.29, 1.82) is 0 Å². The van der Waals surface area contributed by atoms with Crippen LogP contribution in [0.25, 0.3) is 0 Å². The zero-order valence-electron chi connectivity index (χ0n) is 13.3. The minimum Gasteiger partial charge on any atom is -0.352 e. The van der Waals surface area contributed by atoms with Gasteiger partial charge in [-0.05, 0) is 60.6 Å². The molecular weight excluding hydrogens is 324 g/mol. The van der Waals surface area contributed by atoms with Gasteiger partial charge in [0.15, 0.2) is 0 Å². The van der Waals surface area contributed by atoms with Crippen LogP contribution in [0.3, 0.4) is 0 Å². The van der Waals surface area contributed by atoms with E-state index in [1.165, 1.54) is 28.2 Å². The van der Waals surface area contributed by atoms with Gasteiger partial charge in [0, 0.05) is 22.3 Å². The van der Waals surface area contributed by atoms with Crippen LogP contribution in [0.5, 0.6) is 0 Å². The molecule has 5 heteroatoms. The molecule has 1 aliphatic carbocycles. The van der Waals surface area contributed by atoms with Gasteiger partial charge in [-0.2, -0.15) is 0 Å². The number of hydrogen-bond donors (Lipinski definition) is 1. The molecule has 2 aromatic heterocycles. The predicted molar refractivity (Wildman–Crippen MR) is 96.1 cm³/mol. The molecule has 3 nitrogen and oxygen atoms in total. The van der Waals surface area contributed by atoms with Crippen molar-refractivity contribution in [1.82, 2.24) is 10.2 Å². The van der Waals surface area contributed by atoms with E-state index in [0.717, 1.165) is 13.0 Å². The van der Waals surface area contributed by atoms with Gasteiger partial charge in [0.25, 0.3) is 0 Å². The van der Waals surface area contributed by atoms with Crippen LogP contribution in [-0.4, -0.2) is 29.9 Å². The second-order valence-electron chi connectivity index (χ2n) is 6.63. The molecule has 2 aromatic rings. The second kappa shape index (κ2) is 6.38. The van der Waals surface area contributed by atoms with E-state index < -0.39 is 0 Å². The van der Waals surface area contributed by atoms with Gasteiger partial charge in [0.2, 0.25) is 5.91 Å². The summed E-state index contributed by atoms with van der Waals surface area (Å²) in [4.78, 5) is 17.6. The van der Waals surface area contributed by atoms with Crippen molar-refractivity contribution in [2.24, 2.45) is 5.92 Å². The van der Waals surface area contributed by atoms with Crippen LogP contribution in [0.2, 0.25) is 0 Å². The lowest BCUT2D eigenvalue weighted by molar-refractivity contribution is -0.123. The molecule has 23 heavy (non-hydrogen) atoms. The molecular formula is C18H22N2OS2. The molecule has 1 fully saturated rings. The van der Waals surface area contributed by atoms with Gasteiger partial charge in [0.1, 0.15) is 0 Å². The van der Waals surface area contributed by atoms with Gasteiger partial charge in [-0.3, -0.25) is 9.69 Å². The fourth-order valence-corrected chi connectivity index (χ4v) is 5.30. The molecule has 0 saturated heterocycles. The number of carbonyl (C=O) groups excluding carboxylic acids is 1. The summed E-state index contributed by atoms with van der Waals surface area (Å²) in [7, 11) is 0. The van der Waals surface area contributed by atoms with E-state index in [4.69, 9.17) is 0 Å². The van der Waals surface area contributed by atoms with E-state index in [1.807, 2.05) is 11.3 Å². The van der Waals surface area contributed by atoms with Crippen molar-refractivity contribution in [3.8, 4) is 0 Å². The fraction of sp³-hybridized carbons (Fsp3) is 0.500. The van der Waals surface area contributed by atoms with Gasteiger partial charge in [0.05, 0.1) is 12.6 Å². The molecule has 0 spiro atoms. The Kier molecular flexibility index (Phi) is 4.26. The number of carbonyl (C=O) groups is 1. The van der Waals surface area contributed by atoms with Gasteiger partial charge in [-0.1, -0.05) is 6.07 Å². The lowest BCUT2D eigenvalue weighted by Crippen LogP contribution is -2.45. The highest BCUT2D eigenvalue weighted by atomic mass is 32.1. The maximum atomic E-state index is 12.5. The van der Waals surface area contributed by atoms with Gasteiger partial charge in [-0.25, -0.2) is 0 Å². The third-order valence-electron chi connectivity index (χ3n) is 4.94. The SMILES string of the molecule is C[C@@H](NC(=O)CN1CCc2sccc2[C@@H]1c1cccs1)C1CC1. The molecule has 1 aliphatic heterocycles. The summed E-state index contributed by atoms with van der Waals surface area (Å²) in [6.07, 6.45) is 3.59. The Balaban J connectivity index is 1.51. The molecule has 2 aliphatic rings. The average Bonchev–Trinajstić information content (AvgIpc) is 3.05. The lowest BCUT2D eigenvalue weighted by Gasteiger charge is -2.35. The fourth-order valence-electron chi connectivity index (χ4n) is 3.52. The molecule has 0 unspecified atom stereocenters. The highest BCUT2D eigenvalue weighted by Gasteiger charge is 2.33. The first-order valence-corrected chi connectivity index (χ1v) is 10.1. The summed E-state index contributed by atoms with van der Waals surface area (Å²) >= 11 is 3.63. The minimum atomic E-state index is 0.171. The molecule has 0 radical (unpaired) electrons.